The largest absolute Gasteiger partial charge is 0.497 e. The number of hydrogen-bond donors (Lipinski definition) is 0. The third-order valence-corrected chi connectivity index (χ3v) is 4.39. The normalized spacial score (nSPS) is 16.3. The van der Waals surface area contributed by atoms with Gasteiger partial charge in [-0.15, -0.1) is 0 Å². The lowest BCUT2D eigenvalue weighted by atomic mass is 9.89. The van der Waals surface area contributed by atoms with Gasteiger partial charge in [-0.25, -0.2) is 4.39 Å². The Bertz CT molecular complexity index is 666. The van der Waals surface area contributed by atoms with E-state index in [1.54, 1.807) is 6.07 Å². The zero-order valence-corrected chi connectivity index (χ0v) is 13.6. The summed E-state index contributed by atoms with van der Waals surface area (Å²) in [5.41, 5.74) is 1.20. The molecule has 23 heavy (non-hydrogen) atoms. The molecule has 0 aromatic heterocycles. The van der Waals surface area contributed by atoms with Crippen molar-refractivity contribution in [2.45, 2.75) is 18.8 Å². The Balaban J connectivity index is 1.85. The van der Waals surface area contributed by atoms with Crippen molar-refractivity contribution < 1.29 is 13.9 Å². The molecule has 0 atom stereocenters. The highest BCUT2D eigenvalue weighted by Gasteiger charge is 2.21. The molecule has 1 heterocycles. The maximum Gasteiger partial charge on any atom is 0.134 e. The summed E-state index contributed by atoms with van der Waals surface area (Å²) >= 11 is 0. The number of benzene rings is 2. The number of nitrogens with zero attached hydrogens (tertiary/aromatic N) is 1. The fraction of sp³-hybridized carbons (Fsp3) is 0.368. The van der Waals surface area contributed by atoms with Gasteiger partial charge in [-0.3, -0.25) is 0 Å². The number of ether oxygens (including phenoxy) is 2. The van der Waals surface area contributed by atoms with Crippen LogP contribution in [0.5, 0.6) is 17.2 Å². The number of piperidine rings is 1. The molecular weight excluding hydrogens is 293 g/mol. The van der Waals surface area contributed by atoms with Gasteiger partial charge in [-0.2, -0.15) is 0 Å². The first-order valence-electron chi connectivity index (χ1n) is 7.95. The molecule has 1 saturated heterocycles. The molecule has 2 aromatic carbocycles. The topological polar surface area (TPSA) is 21.7 Å². The van der Waals surface area contributed by atoms with Gasteiger partial charge in [0.25, 0.3) is 0 Å². The maximum absolute atomic E-state index is 13.7. The van der Waals surface area contributed by atoms with E-state index in [2.05, 4.69) is 18.0 Å². The van der Waals surface area contributed by atoms with E-state index in [1.165, 1.54) is 24.8 Å². The smallest absolute Gasteiger partial charge is 0.134 e. The Morgan fingerprint density at radius 3 is 2.48 bits per heavy atom. The Hall–Kier alpha value is -2.07. The summed E-state index contributed by atoms with van der Waals surface area (Å²) in [5.74, 6) is 1.84. The Morgan fingerprint density at radius 2 is 1.74 bits per heavy atom. The number of hydrogen-bond acceptors (Lipinski definition) is 3. The first-order valence-corrected chi connectivity index (χ1v) is 7.95. The number of likely N-dealkylation sites (tertiary alicyclic amines) is 1. The molecule has 3 nitrogen and oxygen atoms in total. The molecular formula is C19H22FNO2. The van der Waals surface area contributed by atoms with Crippen LogP contribution in [0.3, 0.4) is 0 Å². The van der Waals surface area contributed by atoms with Crippen molar-refractivity contribution >= 4 is 0 Å². The second-order valence-electron chi connectivity index (χ2n) is 6.04. The molecule has 122 valence electrons. The second-order valence-corrected chi connectivity index (χ2v) is 6.04. The van der Waals surface area contributed by atoms with Crippen molar-refractivity contribution in [1.82, 2.24) is 4.90 Å². The zero-order valence-electron chi connectivity index (χ0n) is 13.6. The number of rotatable bonds is 4. The summed E-state index contributed by atoms with van der Waals surface area (Å²) in [6.07, 6.45) is 2.23. The summed E-state index contributed by atoms with van der Waals surface area (Å²) in [5, 5.41) is 0. The molecule has 0 spiro atoms. The molecule has 0 amide bonds. The molecule has 3 rings (SSSR count). The third-order valence-electron chi connectivity index (χ3n) is 4.39. The lowest BCUT2D eigenvalue weighted by Crippen LogP contribution is -2.29. The van der Waals surface area contributed by atoms with Gasteiger partial charge in [0, 0.05) is 18.2 Å². The van der Waals surface area contributed by atoms with Gasteiger partial charge in [-0.05, 0) is 50.5 Å². The average Bonchev–Trinajstić information content (AvgIpc) is 2.56. The molecule has 4 heteroatoms. The third kappa shape index (κ3) is 3.82. The van der Waals surface area contributed by atoms with Crippen LogP contribution in [0.2, 0.25) is 0 Å². The molecule has 1 aliphatic rings. The fourth-order valence-electron chi connectivity index (χ4n) is 3.07. The minimum absolute atomic E-state index is 0.365. The van der Waals surface area contributed by atoms with Gasteiger partial charge >= 0.3 is 0 Å². The van der Waals surface area contributed by atoms with Gasteiger partial charge < -0.3 is 14.4 Å². The zero-order chi connectivity index (χ0) is 16.2. The minimum Gasteiger partial charge on any atom is -0.497 e. The number of methoxy groups -OCH3 is 1. The van der Waals surface area contributed by atoms with Crippen molar-refractivity contribution in [3.63, 3.8) is 0 Å². The molecule has 0 aliphatic carbocycles. The number of para-hydroxylation sites is 1. The molecule has 0 unspecified atom stereocenters. The average molecular weight is 315 g/mol. The van der Waals surface area contributed by atoms with E-state index in [0.29, 0.717) is 17.4 Å². The summed E-state index contributed by atoms with van der Waals surface area (Å²) in [4.78, 5) is 2.34. The van der Waals surface area contributed by atoms with Gasteiger partial charge in [0.15, 0.2) is 0 Å². The van der Waals surface area contributed by atoms with Crippen molar-refractivity contribution in [2.75, 3.05) is 27.2 Å². The Labute approximate surface area is 136 Å². The van der Waals surface area contributed by atoms with Crippen LogP contribution in [0.1, 0.15) is 24.3 Å². The van der Waals surface area contributed by atoms with E-state index in [9.17, 15) is 4.39 Å². The van der Waals surface area contributed by atoms with Crippen LogP contribution in [0.25, 0.3) is 0 Å². The van der Waals surface area contributed by atoms with Gasteiger partial charge in [0.2, 0.25) is 0 Å². The maximum atomic E-state index is 13.7. The SMILES string of the molecule is COc1cc(F)cc(Oc2ccccc2C2CCN(C)CC2)c1. The highest BCUT2D eigenvalue weighted by atomic mass is 19.1. The van der Waals surface area contributed by atoms with E-state index in [-0.39, 0.29) is 5.82 Å². The standard InChI is InChI=1S/C19H22FNO2/c1-21-9-7-14(8-10-21)18-5-3-4-6-19(18)23-17-12-15(20)11-16(13-17)22-2/h3-6,11-14H,7-10H2,1-2H3. The van der Waals surface area contributed by atoms with Crippen LogP contribution < -0.4 is 9.47 Å². The molecule has 1 aliphatic heterocycles. The molecule has 1 fully saturated rings. The quantitative estimate of drug-likeness (QED) is 0.833. The van der Waals surface area contributed by atoms with Crippen molar-refractivity contribution in [3.05, 3.63) is 53.8 Å². The Morgan fingerprint density at radius 1 is 1.04 bits per heavy atom. The second kappa shape index (κ2) is 7.01. The van der Waals surface area contributed by atoms with E-state index >= 15 is 0 Å². The van der Waals surface area contributed by atoms with Crippen LogP contribution in [-0.4, -0.2) is 32.1 Å². The first kappa shape index (κ1) is 15.8. The van der Waals surface area contributed by atoms with Crippen molar-refractivity contribution in [3.8, 4) is 17.2 Å². The molecule has 2 aromatic rings. The summed E-state index contributed by atoms with van der Waals surface area (Å²) < 4.78 is 24.7. The van der Waals surface area contributed by atoms with E-state index < -0.39 is 0 Å². The van der Waals surface area contributed by atoms with Gasteiger partial charge in [0.05, 0.1) is 7.11 Å². The van der Waals surface area contributed by atoms with Crippen LogP contribution in [0.4, 0.5) is 4.39 Å². The lowest BCUT2D eigenvalue weighted by molar-refractivity contribution is 0.253. The van der Waals surface area contributed by atoms with Crippen LogP contribution in [0.15, 0.2) is 42.5 Å². The molecule has 0 bridgehead atoms. The van der Waals surface area contributed by atoms with E-state index in [4.69, 9.17) is 9.47 Å². The monoisotopic (exact) mass is 315 g/mol. The highest BCUT2D eigenvalue weighted by Crippen LogP contribution is 2.36. The van der Waals surface area contributed by atoms with E-state index in [0.717, 1.165) is 31.7 Å². The van der Waals surface area contributed by atoms with Crippen LogP contribution >= 0.6 is 0 Å². The van der Waals surface area contributed by atoms with Crippen LogP contribution in [-0.2, 0) is 0 Å². The Kier molecular flexibility index (Phi) is 4.82. The van der Waals surface area contributed by atoms with E-state index in [1.807, 2.05) is 18.2 Å². The predicted octanol–water partition coefficient (Wildman–Crippen LogP) is 4.44. The summed E-state index contributed by atoms with van der Waals surface area (Å²) in [7, 11) is 3.67. The van der Waals surface area contributed by atoms with Gasteiger partial charge in [-0.1, -0.05) is 18.2 Å². The molecule has 0 radical (unpaired) electrons. The lowest BCUT2D eigenvalue weighted by Gasteiger charge is -2.30. The van der Waals surface area contributed by atoms with Gasteiger partial charge in [0.1, 0.15) is 23.1 Å². The molecule has 0 N–H and O–H groups in total. The highest BCUT2D eigenvalue weighted by molar-refractivity contribution is 5.42. The van der Waals surface area contributed by atoms with Crippen molar-refractivity contribution in [2.24, 2.45) is 0 Å². The molecule has 0 saturated carbocycles. The predicted molar refractivity (Wildman–Crippen MR) is 88.9 cm³/mol. The first-order chi connectivity index (χ1) is 11.2. The van der Waals surface area contributed by atoms with Crippen molar-refractivity contribution in [1.29, 1.82) is 0 Å². The summed E-state index contributed by atoms with van der Waals surface area (Å²) in [6, 6.07) is 12.5. The van der Waals surface area contributed by atoms with Crippen LogP contribution in [0, 0.1) is 5.82 Å². The number of halogens is 1. The minimum atomic E-state index is -0.365. The summed E-state index contributed by atoms with van der Waals surface area (Å²) in [6.45, 7) is 2.18. The fourth-order valence-corrected chi connectivity index (χ4v) is 3.07.